The number of anilines is 1. The maximum Gasteiger partial charge on any atom is 0.135 e. The van der Waals surface area contributed by atoms with E-state index >= 15 is 0 Å². The predicted molar refractivity (Wildman–Crippen MR) is 85.5 cm³/mol. The Balaban J connectivity index is 1.90. The molecule has 0 aromatic carbocycles. The molecule has 1 saturated carbocycles. The van der Waals surface area contributed by atoms with Gasteiger partial charge in [-0.3, -0.25) is 0 Å². The number of aromatic nitrogens is 2. The van der Waals surface area contributed by atoms with Crippen molar-refractivity contribution in [1.82, 2.24) is 9.97 Å². The molecule has 2 rings (SSSR count). The van der Waals surface area contributed by atoms with Crippen LogP contribution in [0.25, 0.3) is 0 Å². The first-order chi connectivity index (χ1) is 9.79. The van der Waals surface area contributed by atoms with Crippen LogP contribution in [0, 0.1) is 0 Å². The molecule has 0 bridgehead atoms. The van der Waals surface area contributed by atoms with E-state index in [1.54, 1.807) is 0 Å². The van der Waals surface area contributed by atoms with E-state index in [0.717, 1.165) is 18.2 Å². The van der Waals surface area contributed by atoms with Crippen LogP contribution in [0.5, 0.6) is 0 Å². The second-order valence-electron chi connectivity index (χ2n) is 5.76. The van der Waals surface area contributed by atoms with E-state index in [4.69, 9.17) is 11.6 Å². The lowest BCUT2D eigenvalue weighted by molar-refractivity contribution is 0.429. The smallest absolute Gasteiger partial charge is 0.135 e. The van der Waals surface area contributed by atoms with Crippen LogP contribution in [0.1, 0.15) is 76.5 Å². The average molecular weight is 296 g/mol. The van der Waals surface area contributed by atoms with Gasteiger partial charge < -0.3 is 5.32 Å². The second kappa shape index (κ2) is 8.46. The standard InChI is InChI=1S/C16H26ClN3/c1-2-3-4-8-11-18-15-12-14(17)19-16(20-15)13-9-6-5-7-10-13/h12-13H,2-11H2,1H3,(H,18,19,20). The molecule has 20 heavy (non-hydrogen) atoms. The van der Waals surface area contributed by atoms with E-state index in [0.29, 0.717) is 11.1 Å². The van der Waals surface area contributed by atoms with Crippen LogP contribution in [-0.4, -0.2) is 16.5 Å². The molecule has 0 spiro atoms. The van der Waals surface area contributed by atoms with Crippen molar-refractivity contribution < 1.29 is 0 Å². The molecule has 0 atom stereocenters. The normalized spacial score (nSPS) is 16.3. The maximum absolute atomic E-state index is 6.14. The molecule has 1 aliphatic rings. The topological polar surface area (TPSA) is 37.8 Å². The highest BCUT2D eigenvalue weighted by Gasteiger charge is 2.19. The lowest BCUT2D eigenvalue weighted by Crippen LogP contribution is -2.11. The van der Waals surface area contributed by atoms with Crippen LogP contribution in [0.2, 0.25) is 5.15 Å². The summed E-state index contributed by atoms with van der Waals surface area (Å²) in [5, 5.41) is 3.95. The molecule has 1 aliphatic carbocycles. The molecule has 0 unspecified atom stereocenters. The highest BCUT2D eigenvalue weighted by atomic mass is 35.5. The van der Waals surface area contributed by atoms with E-state index in [2.05, 4.69) is 22.2 Å². The van der Waals surface area contributed by atoms with E-state index in [1.807, 2.05) is 6.07 Å². The Morgan fingerprint density at radius 1 is 1.15 bits per heavy atom. The van der Waals surface area contributed by atoms with Crippen molar-refractivity contribution in [2.45, 2.75) is 70.6 Å². The minimum atomic E-state index is 0.503. The Labute approximate surface area is 127 Å². The molecule has 0 radical (unpaired) electrons. The Bertz CT molecular complexity index is 403. The fourth-order valence-corrected chi connectivity index (χ4v) is 3.03. The fourth-order valence-electron chi connectivity index (χ4n) is 2.84. The minimum absolute atomic E-state index is 0.503. The summed E-state index contributed by atoms with van der Waals surface area (Å²) >= 11 is 6.14. The van der Waals surface area contributed by atoms with Crippen LogP contribution < -0.4 is 5.32 Å². The summed E-state index contributed by atoms with van der Waals surface area (Å²) in [6.07, 6.45) is 11.4. The highest BCUT2D eigenvalue weighted by Crippen LogP contribution is 2.31. The molecule has 3 nitrogen and oxygen atoms in total. The molecule has 0 aliphatic heterocycles. The number of rotatable bonds is 7. The maximum atomic E-state index is 6.14. The van der Waals surface area contributed by atoms with E-state index < -0.39 is 0 Å². The third-order valence-electron chi connectivity index (χ3n) is 4.02. The highest BCUT2D eigenvalue weighted by molar-refractivity contribution is 6.29. The first-order valence-electron chi connectivity index (χ1n) is 8.08. The summed E-state index contributed by atoms with van der Waals surface area (Å²) < 4.78 is 0. The zero-order valence-electron chi connectivity index (χ0n) is 12.5. The molecule has 1 heterocycles. The SMILES string of the molecule is CCCCCCNc1cc(Cl)nc(C2CCCCC2)n1. The van der Waals surface area contributed by atoms with Crippen molar-refractivity contribution in [3.8, 4) is 0 Å². The van der Waals surface area contributed by atoms with E-state index in [1.165, 1.54) is 57.8 Å². The summed E-state index contributed by atoms with van der Waals surface area (Å²) in [5.41, 5.74) is 0. The predicted octanol–water partition coefficient (Wildman–Crippen LogP) is 5.17. The Morgan fingerprint density at radius 2 is 1.95 bits per heavy atom. The summed E-state index contributed by atoms with van der Waals surface area (Å²) in [4.78, 5) is 9.10. The Kier molecular flexibility index (Phi) is 6.58. The zero-order valence-corrected chi connectivity index (χ0v) is 13.3. The number of nitrogens with one attached hydrogen (secondary N) is 1. The van der Waals surface area contributed by atoms with Crippen molar-refractivity contribution in [1.29, 1.82) is 0 Å². The molecular weight excluding hydrogens is 270 g/mol. The van der Waals surface area contributed by atoms with Gasteiger partial charge in [-0.25, -0.2) is 9.97 Å². The molecule has 1 fully saturated rings. The molecule has 1 aromatic rings. The van der Waals surface area contributed by atoms with Crippen LogP contribution in [0.4, 0.5) is 5.82 Å². The molecule has 1 aromatic heterocycles. The third-order valence-corrected chi connectivity index (χ3v) is 4.21. The van der Waals surface area contributed by atoms with Crippen molar-refractivity contribution >= 4 is 17.4 Å². The van der Waals surface area contributed by atoms with Gasteiger partial charge in [-0.2, -0.15) is 0 Å². The monoisotopic (exact) mass is 295 g/mol. The zero-order chi connectivity index (χ0) is 14.2. The van der Waals surface area contributed by atoms with Gasteiger partial charge in [0, 0.05) is 18.5 Å². The van der Waals surface area contributed by atoms with Gasteiger partial charge in [0.1, 0.15) is 16.8 Å². The van der Waals surface area contributed by atoms with Crippen LogP contribution >= 0.6 is 11.6 Å². The molecule has 0 amide bonds. The Hall–Kier alpha value is -0.830. The van der Waals surface area contributed by atoms with Gasteiger partial charge in [0.2, 0.25) is 0 Å². The van der Waals surface area contributed by atoms with Crippen molar-refractivity contribution in [3.05, 3.63) is 17.0 Å². The number of nitrogens with zero attached hydrogens (tertiary/aromatic N) is 2. The molecule has 1 N–H and O–H groups in total. The van der Waals surface area contributed by atoms with Gasteiger partial charge in [-0.05, 0) is 19.3 Å². The lowest BCUT2D eigenvalue weighted by Gasteiger charge is -2.20. The van der Waals surface area contributed by atoms with Crippen molar-refractivity contribution in [2.24, 2.45) is 0 Å². The van der Waals surface area contributed by atoms with Crippen molar-refractivity contribution in [3.63, 3.8) is 0 Å². The van der Waals surface area contributed by atoms with Crippen molar-refractivity contribution in [2.75, 3.05) is 11.9 Å². The van der Waals surface area contributed by atoms with Gasteiger partial charge in [-0.1, -0.05) is 57.0 Å². The summed E-state index contributed by atoms with van der Waals surface area (Å²) in [5.74, 6) is 2.33. The number of halogens is 1. The quantitative estimate of drug-likeness (QED) is 0.557. The molecule has 4 heteroatoms. The van der Waals surface area contributed by atoms with E-state index in [9.17, 15) is 0 Å². The fraction of sp³-hybridized carbons (Fsp3) is 0.750. The summed E-state index contributed by atoms with van der Waals surface area (Å²) in [6, 6.07) is 1.84. The molecule has 0 saturated heterocycles. The van der Waals surface area contributed by atoms with E-state index in [-0.39, 0.29) is 0 Å². The Morgan fingerprint density at radius 3 is 2.70 bits per heavy atom. The average Bonchev–Trinajstić information content (AvgIpc) is 2.47. The molecular formula is C16H26ClN3. The lowest BCUT2D eigenvalue weighted by atomic mass is 9.89. The summed E-state index contributed by atoms with van der Waals surface area (Å²) in [7, 11) is 0. The van der Waals surface area contributed by atoms with Gasteiger partial charge in [-0.15, -0.1) is 0 Å². The van der Waals surface area contributed by atoms with Crippen LogP contribution in [-0.2, 0) is 0 Å². The minimum Gasteiger partial charge on any atom is -0.370 e. The van der Waals surface area contributed by atoms with Crippen LogP contribution in [0.15, 0.2) is 6.07 Å². The van der Waals surface area contributed by atoms with Gasteiger partial charge in [0.05, 0.1) is 0 Å². The number of unbranched alkanes of at least 4 members (excludes halogenated alkanes) is 3. The largest absolute Gasteiger partial charge is 0.370 e. The number of hydrogen-bond donors (Lipinski definition) is 1. The summed E-state index contributed by atoms with van der Waals surface area (Å²) in [6.45, 7) is 3.20. The van der Waals surface area contributed by atoms with Crippen LogP contribution in [0.3, 0.4) is 0 Å². The van der Waals surface area contributed by atoms with Gasteiger partial charge in [0.25, 0.3) is 0 Å². The third kappa shape index (κ3) is 4.93. The first kappa shape index (κ1) is 15.6. The molecule has 112 valence electrons. The first-order valence-corrected chi connectivity index (χ1v) is 8.45. The van der Waals surface area contributed by atoms with Gasteiger partial charge >= 0.3 is 0 Å². The van der Waals surface area contributed by atoms with Gasteiger partial charge in [0.15, 0.2) is 0 Å². The second-order valence-corrected chi connectivity index (χ2v) is 6.14. The number of hydrogen-bond acceptors (Lipinski definition) is 3.